The van der Waals surface area contributed by atoms with Gasteiger partial charge in [0.25, 0.3) is 0 Å². The van der Waals surface area contributed by atoms with E-state index in [1.807, 2.05) is 16.7 Å². The first-order valence-corrected chi connectivity index (χ1v) is 8.02. The van der Waals surface area contributed by atoms with Gasteiger partial charge in [-0.2, -0.15) is 0 Å². The molecule has 0 bridgehead atoms. The summed E-state index contributed by atoms with van der Waals surface area (Å²) in [5.41, 5.74) is 2.85. The van der Waals surface area contributed by atoms with Crippen LogP contribution in [0, 0.1) is 0 Å². The third-order valence-electron chi connectivity index (χ3n) is 4.70. The standard InChI is InChI=1S/C18H18N2O3/c21-18(22)13-6-7-15-14(10-13)19-11-20(15)16-8-9-23-17(16)12-4-2-1-3-5-12/h6-12H,1-5H2,(H,21,22). The summed E-state index contributed by atoms with van der Waals surface area (Å²) in [6.07, 6.45) is 9.60. The summed E-state index contributed by atoms with van der Waals surface area (Å²) in [6, 6.07) is 7.00. The Kier molecular flexibility index (Phi) is 3.41. The average molecular weight is 310 g/mol. The first kappa shape index (κ1) is 14.1. The molecule has 0 radical (unpaired) electrons. The van der Waals surface area contributed by atoms with E-state index in [2.05, 4.69) is 4.98 Å². The third-order valence-corrected chi connectivity index (χ3v) is 4.70. The van der Waals surface area contributed by atoms with Crippen LogP contribution >= 0.6 is 0 Å². The highest BCUT2D eigenvalue weighted by molar-refractivity contribution is 5.92. The second-order valence-corrected chi connectivity index (χ2v) is 6.13. The van der Waals surface area contributed by atoms with Crippen LogP contribution in [0.5, 0.6) is 0 Å². The minimum atomic E-state index is -0.937. The van der Waals surface area contributed by atoms with Gasteiger partial charge in [0.2, 0.25) is 0 Å². The maximum atomic E-state index is 11.1. The van der Waals surface area contributed by atoms with Crippen molar-refractivity contribution in [2.75, 3.05) is 0 Å². The number of carbonyl (C=O) groups is 1. The summed E-state index contributed by atoms with van der Waals surface area (Å²) >= 11 is 0. The van der Waals surface area contributed by atoms with Crippen molar-refractivity contribution in [3.63, 3.8) is 0 Å². The number of furan rings is 1. The second-order valence-electron chi connectivity index (χ2n) is 6.13. The Bertz CT molecular complexity index is 856. The maximum Gasteiger partial charge on any atom is 0.335 e. The number of imidazole rings is 1. The Morgan fingerprint density at radius 3 is 2.83 bits per heavy atom. The molecule has 5 heteroatoms. The number of rotatable bonds is 3. The SMILES string of the molecule is O=C(O)c1ccc2c(c1)ncn2-c1ccoc1C1CCCCC1. The normalized spacial score (nSPS) is 16.0. The minimum Gasteiger partial charge on any atom is -0.478 e. The fourth-order valence-corrected chi connectivity index (χ4v) is 3.52. The van der Waals surface area contributed by atoms with Crippen LogP contribution in [-0.4, -0.2) is 20.6 Å². The summed E-state index contributed by atoms with van der Waals surface area (Å²) in [7, 11) is 0. The van der Waals surface area contributed by atoms with E-state index < -0.39 is 5.97 Å². The number of benzene rings is 1. The van der Waals surface area contributed by atoms with Crippen LogP contribution in [0.1, 0.15) is 54.1 Å². The van der Waals surface area contributed by atoms with Gasteiger partial charge in [0.15, 0.2) is 0 Å². The maximum absolute atomic E-state index is 11.1. The van der Waals surface area contributed by atoms with Gasteiger partial charge in [-0.1, -0.05) is 19.3 Å². The van der Waals surface area contributed by atoms with Crippen LogP contribution in [0.2, 0.25) is 0 Å². The fourth-order valence-electron chi connectivity index (χ4n) is 3.52. The average Bonchev–Trinajstić information content (AvgIpc) is 3.21. The number of nitrogens with zero attached hydrogens (tertiary/aromatic N) is 2. The largest absolute Gasteiger partial charge is 0.478 e. The van der Waals surface area contributed by atoms with Gasteiger partial charge in [-0.3, -0.25) is 4.57 Å². The molecule has 0 spiro atoms. The highest BCUT2D eigenvalue weighted by Crippen LogP contribution is 2.37. The molecule has 0 unspecified atom stereocenters. The van der Waals surface area contributed by atoms with Crippen LogP contribution < -0.4 is 0 Å². The van der Waals surface area contributed by atoms with Crippen LogP contribution in [0.25, 0.3) is 16.7 Å². The first-order chi connectivity index (χ1) is 11.2. The van der Waals surface area contributed by atoms with Gasteiger partial charge in [0, 0.05) is 12.0 Å². The van der Waals surface area contributed by atoms with Crippen molar-refractivity contribution in [1.29, 1.82) is 0 Å². The molecule has 4 rings (SSSR count). The second kappa shape index (κ2) is 5.57. The number of hydrogen-bond donors (Lipinski definition) is 1. The van der Waals surface area contributed by atoms with Gasteiger partial charge in [0.05, 0.1) is 28.5 Å². The van der Waals surface area contributed by atoms with E-state index in [0.717, 1.165) is 29.8 Å². The van der Waals surface area contributed by atoms with Gasteiger partial charge in [0.1, 0.15) is 12.1 Å². The zero-order valence-electron chi connectivity index (χ0n) is 12.7. The summed E-state index contributed by atoms with van der Waals surface area (Å²) < 4.78 is 7.79. The molecule has 1 aromatic carbocycles. The Morgan fingerprint density at radius 2 is 2.04 bits per heavy atom. The molecule has 2 aromatic heterocycles. The lowest BCUT2D eigenvalue weighted by atomic mass is 9.87. The minimum absolute atomic E-state index is 0.252. The summed E-state index contributed by atoms with van der Waals surface area (Å²) in [5, 5.41) is 9.10. The highest BCUT2D eigenvalue weighted by Gasteiger charge is 2.23. The van der Waals surface area contributed by atoms with Crippen molar-refractivity contribution in [3.8, 4) is 5.69 Å². The third kappa shape index (κ3) is 2.42. The molecule has 3 aromatic rings. The fraction of sp³-hybridized carbons (Fsp3) is 0.333. The van der Waals surface area contributed by atoms with Crippen LogP contribution in [0.15, 0.2) is 41.3 Å². The lowest BCUT2D eigenvalue weighted by molar-refractivity contribution is 0.0697. The molecule has 2 heterocycles. The van der Waals surface area contributed by atoms with Crippen LogP contribution in [0.3, 0.4) is 0 Å². The molecule has 0 amide bonds. The van der Waals surface area contributed by atoms with Gasteiger partial charge >= 0.3 is 5.97 Å². The molecule has 23 heavy (non-hydrogen) atoms. The van der Waals surface area contributed by atoms with Gasteiger partial charge in [-0.25, -0.2) is 9.78 Å². The molecule has 1 aliphatic rings. The lowest BCUT2D eigenvalue weighted by Gasteiger charge is -2.20. The number of fused-ring (bicyclic) bond motifs is 1. The van der Waals surface area contributed by atoms with Crippen molar-refractivity contribution < 1.29 is 14.3 Å². The van der Waals surface area contributed by atoms with E-state index in [9.17, 15) is 4.79 Å². The predicted molar refractivity (Wildman–Crippen MR) is 86.1 cm³/mol. The van der Waals surface area contributed by atoms with E-state index in [1.165, 1.54) is 19.3 Å². The molecular weight excluding hydrogens is 292 g/mol. The van der Waals surface area contributed by atoms with E-state index in [1.54, 1.807) is 24.7 Å². The summed E-state index contributed by atoms with van der Waals surface area (Å²) in [6.45, 7) is 0. The van der Waals surface area contributed by atoms with E-state index in [0.29, 0.717) is 11.4 Å². The quantitative estimate of drug-likeness (QED) is 0.780. The highest BCUT2D eigenvalue weighted by atomic mass is 16.4. The Labute approximate surface area is 133 Å². The van der Waals surface area contributed by atoms with Gasteiger partial charge in [-0.15, -0.1) is 0 Å². The van der Waals surface area contributed by atoms with Gasteiger partial charge in [-0.05, 0) is 31.0 Å². The molecular formula is C18H18N2O3. The number of carboxylic acids is 1. The number of aromatic nitrogens is 2. The van der Waals surface area contributed by atoms with Crippen molar-refractivity contribution in [1.82, 2.24) is 9.55 Å². The molecule has 5 nitrogen and oxygen atoms in total. The zero-order valence-corrected chi connectivity index (χ0v) is 12.7. The van der Waals surface area contributed by atoms with Crippen molar-refractivity contribution in [3.05, 3.63) is 48.2 Å². The van der Waals surface area contributed by atoms with Crippen molar-refractivity contribution in [2.24, 2.45) is 0 Å². The van der Waals surface area contributed by atoms with E-state index >= 15 is 0 Å². The summed E-state index contributed by atoms with van der Waals surface area (Å²) in [5.74, 6) is 0.545. The topological polar surface area (TPSA) is 68.3 Å². The Morgan fingerprint density at radius 1 is 1.22 bits per heavy atom. The molecule has 1 aliphatic carbocycles. The Hall–Kier alpha value is -2.56. The molecule has 0 atom stereocenters. The molecule has 1 fully saturated rings. The number of carboxylic acid groups (broad SMARTS) is 1. The number of aromatic carboxylic acids is 1. The Balaban J connectivity index is 1.78. The lowest BCUT2D eigenvalue weighted by Crippen LogP contribution is -2.06. The van der Waals surface area contributed by atoms with Crippen LogP contribution in [0.4, 0.5) is 0 Å². The van der Waals surface area contributed by atoms with E-state index in [4.69, 9.17) is 9.52 Å². The van der Waals surface area contributed by atoms with Crippen molar-refractivity contribution >= 4 is 17.0 Å². The van der Waals surface area contributed by atoms with E-state index in [-0.39, 0.29) is 5.56 Å². The first-order valence-electron chi connectivity index (χ1n) is 8.02. The molecule has 0 saturated heterocycles. The van der Waals surface area contributed by atoms with Crippen molar-refractivity contribution in [2.45, 2.75) is 38.0 Å². The molecule has 118 valence electrons. The van der Waals surface area contributed by atoms with Crippen LogP contribution in [-0.2, 0) is 0 Å². The van der Waals surface area contributed by atoms with Gasteiger partial charge < -0.3 is 9.52 Å². The smallest absolute Gasteiger partial charge is 0.335 e. The number of hydrogen-bond acceptors (Lipinski definition) is 3. The summed E-state index contributed by atoms with van der Waals surface area (Å²) in [4.78, 5) is 15.5. The molecule has 0 aliphatic heterocycles. The zero-order chi connectivity index (χ0) is 15.8. The monoisotopic (exact) mass is 310 g/mol. The molecule has 1 N–H and O–H groups in total. The predicted octanol–water partition coefficient (Wildman–Crippen LogP) is 4.36. The molecule has 1 saturated carbocycles.